The first-order chi connectivity index (χ1) is 17.4. The van der Waals surface area contributed by atoms with Gasteiger partial charge in [0.15, 0.2) is 0 Å². The molecular weight excluding hydrogens is 462 g/mol. The number of aromatic nitrogens is 4. The fraction of sp³-hybridized carbons (Fsp3) is 0.200. The molecular formula is C30H33N5S. The summed E-state index contributed by atoms with van der Waals surface area (Å²) in [5, 5.41) is 13.3. The number of fused-ring (bicyclic) bond motifs is 1. The van der Waals surface area contributed by atoms with Crippen molar-refractivity contribution in [1.29, 1.82) is 0 Å². The lowest BCUT2D eigenvalue weighted by Gasteiger charge is -2.12. The van der Waals surface area contributed by atoms with Crippen LogP contribution in [0.2, 0.25) is 0 Å². The number of nitrogens with zero attached hydrogens (tertiary/aromatic N) is 2. The van der Waals surface area contributed by atoms with Crippen LogP contribution in [-0.2, 0) is 0 Å². The first-order valence-electron chi connectivity index (χ1n) is 12.1. The highest BCUT2D eigenvalue weighted by Crippen LogP contribution is 2.34. The predicted octanol–water partition coefficient (Wildman–Crippen LogP) is 7.80. The van der Waals surface area contributed by atoms with Crippen LogP contribution in [0.25, 0.3) is 33.6 Å². The van der Waals surface area contributed by atoms with Gasteiger partial charge in [-0.2, -0.15) is 5.10 Å². The Morgan fingerprint density at radius 2 is 2.03 bits per heavy atom. The molecule has 0 aromatic carbocycles. The van der Waals surface area contributed by atoms with Crippen molar-refractivity contribution < 1.29 is 0 Å². The van der Waals surface area contributed by atoms with Crippen LogP contribution in [0.3, 0.4) is 0 Å². The number of thiophene rings is 1. The standard InChI is InChI=1S/C30H33N5S/c1-7-10-12-23(28-13-11-16-36-28)24-18-27(32-20(24)6)30-29-26(34-35-30)15-14-25(33-29)21(8-2)17-22(9-3)31-19(4)5/h7-19,31-32H,3H2,1-2,4-6H3,(H,34,35)/b10-7-,21-8+,22-17+,23-12+. The van der Waals surface area contributed by atoms with Crippen molar-refractivity contribution in [2.45, 2.75) is 40.7 Å². The van der Waals surface area contributed by atoms with Crippen molar-refractivity contribution in [2.24, 2.45) is 0 Å². The van der Waals surface area contributed by atoms with E-state index in [2.05, 4.69) is 95.7 Å². The van der Waals surface area contributed by atoms with E-state index in [0.717, 1.165) is 50.6 Å². The normalized spacial score (nSPS) is 13.3. The van der Waals surface area contributed by atoms with Gasteiger partial charge in [0.1, 0.15) is 11.2 Å². The van der Waals surface area contributed by atoms with Crippen molar-refractivity contribution in [3.8, 4) is 11.4 Å². The summed E-state index contributed by atoms with van der Waals surface area (Å²) in [4.78, 5) is 9.80. The minimum atomic E-state index is 0.314. The summed E-state index contributed by atoms with van der Waals surface area (Å²) in [5.74, 6) is 0. The van der Waals surface area contributed by atoms with E-state index in [1.54, 1.807) is 11.3 Å². The second kappa shape index (κ2) is 11.2. The van der Waals surface area contributed by atoms with Crippen LogP contribution < -0.4 is 5.32 Å². The molecule has 3 N–H and O–H groups in total. The SMILES string of the molecule is C=C/C(=C\C(=C/C)c1ccc2[nH]nc(-c3cc(/C(=C\C=C/C)c4cccs4)c(C)[nH]3)c2n1)NC(C)C. The fourth-order valence-corrected chi connectivity index (χ4v) is 4.87. The first-order valence-corrected chi connectivity index (χ1v) is 13.0. The Balaban J connectivity index is 1.77. The number of hydrogen-bond donors (Lipinski definition) is 3. The Labute approximate surface area is 217 Å². The molecule has 0 aliphatic rings. The molecule has 0 atom stereocenters. The molecule has 4 aromatic rings. The number of allylic oxidation sites excluding steroid dienone is 7. The van der Waals surface area contributed by atoms with Gasteiger partial charge in [-0.3, -0.25) is 5.10 Å². The summed E-state index contributed by atoms with van der Waals surface area (Å²) in [6, 6.07) is 10.8. The lowest BCUT2D eigenvalue weighted by molar-refractivity contribution is 0.682. The largest absolute Gasteiger partial charge is 0.383 e. The Morgan fingerprint density at radius 1 is 1.19 bits per heavy atom. The smallest absolute Gasteiger partial charge is 0.135 e. The van der Waals surface area contributed by atoms with E-state index in [-0.39, 0.29) is 0 Å². The molecule has 0 aliphatic carbocycles. The molecule has 0 radical (unpaired) electrons. The Bertz CT molecular complexity index is 1470. The average molecular weight is 496 g/mol. The summed E-state index contributed by atoms with van der Waals surface area (Å²) in [5.41, 5.74) is 9.78. The molecule has 0 spiro atoms. The molecule has 184 valence electrons. The number of rotatable bonds is 9. The van der Waals surface area contributed by atoms with Gasteiger partial charge < -0.3 is 10.3 Å². The Kier molecular flexibility index (Phi) is 7.86. The van der Waals surface area contributed by atoms with Gasteiger partial charge in [-0.05, 0) is 82.0 Å². The molecule has 6 heteroatoms. The van der Waals surface area contributed by atoms with Crippen molar-refractivity contribution in [3.05, 3.63) is 106 Å². The van der Waals surface area contributed by atoms with Gasteiger partial charge in [0.05, 0.1) is 16.9 Å². The zero-order valence-corrected chi connectivity index (χ0v) is 22.3. The van der Waals surface area contributed by atoms with Gasteiger partial charge in [0.2, 0.25) is 0 Å². The third-order valence-electron chi connectivity index (χ3n) is 5.80. The summed E-state index contributed by atoms with van der Waals surface area (Å²) < 4.78 is 0. The molecule has 36 heavy (non-hydrogen) atoms. The van der Waals surface area contributed by atoms with E-state index >= 15 is 0 Å². The quantitative estimate of drug-likeness (QED) is 0.207. The number of aromatic amines is 2. The van der Waals surface area contributed by atoms with Gasteiger partial charge >= 0.3 is 0 Å². The van der Waals surface area contributed by atoms with Crippen LogP contribution in [0.1, 0.15) is 49.5 Å². The van der Waals surface area contributed by atoms with Gasteiger partial charge in [-0.15, -0.1) is 11.3 Å². The van der Waals surface area contributed by atoms with E-state index in [9.17, 15) is 0 Å². The van der Waals surface area contributed by atoms with Crippen LogP contribution in [0, 0.1) is 6.92 Å². The Hall–Kier alpha value is -3.90. The summed E-state index contributed by atoms with van der Waals surface area (Å²) >= 11 is 1.74. The second-order valence-corrected chi connectivity index (χ2v) is 9.76. The highest BCUT2D eigenvalue weighted by Gasteiger charge is 2.17. The number of pyridine rings is 1. The zero-order valence-electron chi connectivity index (χ0n) is 21.5. The molecule has 0 saturated heterocycles. The van der Waals surface area contributed by atoms with Crippen molar-refractivity contribution in [2.75, 3.05) is 0 Å². The number of hydrogen-bond acceptors (Lipinski definition) is 4. The third-order valence-corrected chi connectivity index (χ3v) is 6.71. The highest BCUT2D eigenvalue weighted by molar-refractivity contribution is 7.11. The van der Waals surface area contributed by atoms with Crippen molar-refractivity contribution in [3.63, 3.8) is 0 Å². The number of aryl methyl sites for hydroxylation is 1. The van der Waals surface area contributed by atoms with Crippen LogP contribution in [-0.4, -0.2) is 26.2 Å². The molecule has 0 amide bonds. The van der Waals surface area contributed by atoms with Gasteiger partial charge in [-0.25, -0.2) is 4.98 Å². The van der Waals surface area contributed by atoms with E-state index in [4.69, 9.17) is 4.98 Å². The molecule has 0 saturated carbocycles. The van der Waals surface area contributed by atoms with Crippen LogP contribution in [0.4, 0.5) is 0 Å². The second-order valence-electron chi connectivity index (χ2n) is 8.82. The maximum atomic E-state index is 5.02. The number of H-pyrrole nitrogens is 2. The molecule has 0 aliphatic heterocycles. The van der Waals surface area contributed by atoms with Gasteiger partial charge in [0.25, 0.3) is 0 Å². The average Bonchev–Trinajstić information content (AvgIpc) is 3.62. The van der Waals surface area contributed by atoms with Crippen LogP contribution in [0.5, 0.6) is 0 Å². The maximum Gasteiger partial charge on any atom is 0.135 e. The Morgan fingerprint density at radius 3 is 2.69 bits per heavy atom. The molecule has 5 nitrogen and oxygen atoms in total. The topological polar surface area (TPSA) is 69.4 Å². The van der Waals surface area contributed by atoms with E-state index in [0.29, 0.717) is 6.04 Å². The molecule has 4 heterocycles. The summed E-state index contributed by atoms with van der Waals surface area (Å²) in [7, 11) is 0. The van der Waals surface area contributed by atoms with E-state index < -0.39 is 0 Å². The molecule has 0 bridgehead atoms. The molecule has 0 unspecified atom stereocenters. The zero-order chi connectivity index (χ0) is 25.7. The third kappa shape index (κ3) is 5.34. The lowest BCUT2D eigenvalue weighted by atomic mass is 10.0. The first kappa shape index (κ1) is 25.2. The monoisotopic (exact) mass is 495 g/mol. The van der Waals surface area contributed by atoms with Crippen molar-refractivity contribution in [1.82, 2.24) is 25.5 Å². The van der Waals surface area contributed by atoms with Crippen molar-refractivity contribution >= 4 is 33.5 Å². The van der Waals surface area contributed by atoms with Gasteiger partial charge in [-0.1, -0.05) is 36.9 Å². The minimum Gasteiger partial charge on any atom is -0.383 e. The predicted molar refractivity (Wildman–Crippen MR) is 155 cm³/mol. The minimum absolute atomic E-state index is 0.314. The van der Waals surface area contributed by atoms with E-state index in [1.165, 1.54) is 10.5 Å². The summed E-state index contributed by atoms with van der Waals surface area (Å²) in [6.07, 6.45) is 12.3. The lowest BCUT2D eigenvalue weighted by Crippen LogP contribution is -2.20. The highest BCUT2D eigenvalue weighted by atomic mass is 32.1. The number of nitrogens with one attached hydrogen (secondary N) is 3. The van der Waals surface area contributed by atoms with Crippen LogP contribution >= 0.6 is 11.3 Å². The van der Waals surface area contributed by atoms with Gasteiger partial charge in [0, 0.05) is 33.4 Å². The maximum absolute atomic E-state index is 5.02. The molecule has 0 fully saturated rings. The fourth-order valence-electron chi connectivity index (χ4n) is 4.11. The molecule has 4 aromatic heterocycles. The molecule has 4 rings (SSSR count). The summed E-state index contributed by atoms with van der Waals surface area (Å²) in [6.45, 7) is 14.3. The van der Waals surface area contributed by atoms with Crippen LogP contribution in [0.15, 0.2) is 84.4 Å². The van der Waals surface area contributed by atoms with E-state index in [1.807, 2.05) is 38.1 Å².